The number of piperidine rings is 1. The minimum atomic E-state index is -0.0854. The van der Waals surface area contributed by atoms with E-state index in [-0.39, 0.29) is 5.56 Å². The normalized spacial score (nSPS) is 15.4. The molecule has 0 atom stereocenters. The summed E-state index contributed by atoms with van der Waals surface area (Å²) < 4.78 is 11.1. The average Bonchev–Trinajstić information content (AvgIpc) is 2.68. The van der Waals surface area contributed by atoms with Gasteiger partial charge in [0.15, 0.2) is 11.5 Å². The summed E-state index contributed by atoms with van der Waals surface area (Å²) in [4.78, 5) is 23.6. The van der Waals surface area contributed by atoms with E-state index in [4.69, 9.17) is 9.47 Å². The van der Waals surface area contributed by atoms with E-state index in [9.17, 15) is 4.79 Å². The first-order valence-corrected chi connectivity index (χ1v) is 9.80. The zero-order chi connectivity index (χ0) is 20.1. The van der Waals surface area contributed by atoms with Gasteiger partial charge in [-0.05, 0) is 50.6 Å². The third-order valence-corrected chi connectivity index (χ3v) is 5.11. The molecular formula is C21H30N4O3. The summed E-state index contributed by atoms with van der Waals surface area (Å²) in [5, 5.41) is 0. The van der Waals surface area contributed by atoms with Crippen molar-refractivity contribution in [2.75, 3.05) is 45.8 Å². The highest BCUT2D eigenvalue weighted by Gasteiger charge is 2.23. The molecular weight excluding hydrogens is 356 g/mol. The molecule has 1 saturated heterocycles. The van der Waals surface area contributed by atoms with Crippen molar-refractivity contribution in [1.82, 2.24) is 14.9 Å². The van der Waals surface area contributed by atoms with Crippen molar-refractivity contribution in [1.29, 1.82) is 0 Å². The first-order valence-electron chi connectivity index (χ1n) is 9.80. The molecule has 0 radical (unpaired) electrons. The zero-order valence-corrected chi connectivity index (χ0v) is 17.2. The number of methoxy groups -OCH3 is 1. The Bertz CT molecular complexity index is 842. The number of ether oxygens (including phenoxy) is 2. The summed E-state index contributed by atoms with van der Waals surface area (Å²) in [6.45, 7) is 5.42. The quantitative estimate of drug-likeness (QED) is 0.789. The molecule has 7 nitrogen and oxygen atoms in total. The Morgan fingerprint density at radius 3 is 2.61 bits per heavy atom. The SMILES string of the molecule is CCOc1cc(CN2CCC(c3cc(=O)[nH]c(N(C)C)n3)CC2)ccc1OC. The fraction of sp³-hybridized carbons (Fsp3) is 0.524. The molecule has 1 fully saturated rings. The van der Waals surface area contributed by atoms with Gasteiger partial charge < -0.3 is 14.4 Å². The highest BCUT2D eigenvalue weighted by Crippen LogP contribution is 2.30. The fourth-order valence-electron chi connectivity index (χ4n) is 3.62. The molecule has 2 heterocycles. The Kier molecular flexibility index (Phi) is 6.57. The van der Waals surface area contributed by atoms with Crippen molar-refractivity contribution < 1.29 is 9.47 Å². The summed E-state index contributed by atoms with van der Waals surface area (Å²) in [5.74, 6) is 2.50. The van der Waals surface area contributed by atoms with Crippen molar-refractivity contribution >= 4 is 5.95 Å². The molecule has 3 rings (SSSR count). The number of nitrogens with zero attached hydrogens (tertiary/aromatic N) is 3. The number of rotatable bonds is 7. The maximum Gasteiger partial charge on any atom is 0.252 e. The van der Waals surface area contributed by atoms with Gasteiger partial charge in [-0.15, -0.1) is 0 Å². The smallest absolute Gasteiger partial charge is 0.252 e. The lowest BCUT2D eigenvalue weighted by atomic mass is 9.93. The van der Waals surface area contributed by atoms with Crippen LogP contribution in [0, 0.1) is 0 Å². The Morgan fingerprint density at radius 1 is 1.21 bits per heavy atom. The molecule has 152 valence electrons. The second kappa shape index (κ2) is 9.10. The van der Waals surface area contributed by atoms with E-state index < -0.39 is 0 Å². The van der Waals surface area contributed by atoms with Crippen molar-refractivity contribution in [2.45, 2.75) is 32.2 Å². The molecule has 28 heavy (non-hydrogen) atoms. The van der Waals surface area contributed by atoms with E-state index in [1.807, 2.05) is 32.0 Å². The van der Waals surface area contributed by atoms with Crippen LogP contribution in [0.1, 0.15) is 36.9 Å². The van der Waals surface area contributed by atoms with Gasteiger partial charge in [-0.2, -0.15) is 0 Å². The highest BCUT2D eigenvalue weighted by atomic mass is 16.5. The third-order valence-electron chi connectivity index (χ3n) is 5.11. The summed E-state index contributed by atoms with van der Waals surface area (Å²) in [6.07, 6.45) is 2.00. The van der Waals surface area contributed by atoms with Gasteiger partial charge in [0.1, 0.15) is 0 Å². The predicted molar refractivity (Wildman–Crippen MR) is 111 cm³/mol. The summed E-state index contributed by atoms with van der Waals surface area (Å²) in [5.41, 5.74) is 2.03. The number of anilines is 1. The molecule has 1 aromatic heterocycles. The van der Waals surface area contributed by atoms with E-state index in [1.54, 1.807) is 13.2 Å². The minimum Gasteiger partial charge on any atom is -0.493 e. The van der Waals surface area contributed by atoms with E-state index in [0.29, 0.717) is 18.5 Å². The van der Waals surface area contributed by atoms with Crippen LogP contribution >= 0.6 is 0 Å². The van der Waals surface area contributed by atoms with Gasteiger partial charge in [-0.3, -0.25) is 14.7 Å². The second-order valence-corrected chi connectivity index (χ2v) is 7.36. The van der Waals surface area contributed by atoms with E-state index in [2.05, 4.69) is 27.0 Å². The fourth-order valence-corrected chi connectivity index (χ4v) is 3.62. The first kappa shape index (κ1) is 20.2. The van der Waals surface area contributed by atoms with Gasteiger partial charge in [0, 0.05) is 32.6 Å². The Balaban J connectivity index is 1.63. The van der Waals surface area contributed by atoms with Crippen molar-refractivity contribution in [3.05, 3.63) is 45.9 Å². The van der Waals surface area contributed by atoms with Crippen LogP contribution in [0.3, 0.4) is 0 Å². The second-order valence-electron chi connectivity index (χ2n) is 7.36. The molecule has 0 aliphatic carbocycles. The molecule has 1 N–H and O–H groups in total. The first-order chi connectivity index (χ1) is 13.5. The summed E-state index contributed by atoms with van der Waals surface area (Å²) in [6, 6.07) is 7.77. The molecule has 0 amide bonds. The topological polar surface area (TPSA) is 70.7 Å². The summed E-state index contributed by atoms with van der Waals surface area (Å²) in [7, 11) is 5.43. The van der Waals surface area contributed by atoms with Gasteiger partial charge >= 0.3 is 0 Å². The van der Waals surface area contributed by atoms with Crippen LogP contribution in [0.15, 0.2) is 29.1 Å². The molecule has 1 aliphatic heterocycles. The van der Waals surface area contributed by atoms with Crippen LogP contribution in [0.4, 0.5) is 5.95 Å². The number of hydrogen-bond acceptors (Lipinski definition) is 6. The van der Waals surface area contributed by atoms with Gasteiger partial charge in [-0.1, -0.05) is 6.07 Å². The largest absolute Gasteiger partial charge is 0.493 e. The number of nitrogens with one attached hydrogen (secondary N) is 1. The Morgan fingerprint density at radius 2 is 1.96 bits per heavy atom. The van der Waals surface area contributed by atoms with Crippen molar-refractivity contribution in [3.8, 4) is 11.5 Å². The van der Waals surface area contributed by atoms with Gasteiger partial charge in [0.05, 0.1) is 19.4 Å². The van der Waals surface area contributed by atoms with E-state index in [1.165, 1.54) is 5.56 Å². The predicted octanol–water partition coefficient (Wildman–Crippen LogP) is 2.62. The molecule has 2 aromatic rings. The van der Waals surface area contributed by atoms with Crippen LogP contribution in [-0.2, 0) is 6.54 Å². The number of aromatic nitrogens is 2. The highest BCUT2D eigenvalue weighted by molar-refractivity contribution is 5.43. The maximum absolute atomic E-state index is 11.9. The van der Waals surface area contributed by atoms with Crippen LogP contribution in [-0.4, -0.2) is 55.8 Å². The lowest BCUT2D eigenvalue weighted by Crippen LogP contribution is -2.33. The number of benzene rings is 1. The Labute approximate surface area is 166 Å². The zero-order valence-electron chi connectivity index (χ0n) is 17.2. The van der Waals surface area contributed by atoms with E-state index in [0.717, 1.165) is 49.7 Å². The number of aromatic amines is 1. The molecule has 0 unspecified atom stereocenters. The standard InChI is InChI=1S/C21H30N4O3/c1-5-28-19-12-15(6-7-18(19)27-4)14-25-10-8-16(9-11-25)17-13-20(26)23-21(22-17)24(2)3/h6-7,12-13,16H,5,8-11,14H2,1-4H3,(H,22,23,26). The maximum atomic E-state index is 11.9. The van der Waals surface area contributed by atoms with Gasteiger partial charge in [0.25, 0.3) is 5.56 Å². The Hall–Kier alpha value is -2.54. The van der Waals surface area contributed by atoms with Gasteiger partial charge in [-0.25, -0.2) is 4.98 Å². The molecule has 0 saturated carbocycles. The number of hydrogen-bond donors (Lipinski definition) is 1. The van der Waals surface area contributed by atoms with Crippen molar-refractivity contribution in [2.24, 2.45) is 0 Å². The molecule has 1 aromatic carbocycles. The minimum absolute atomic E-state index is 0.0854. The van der Waals surface area contributed by atoms with Gasteiger partial charge in [0.2, 0.25) is 5.95 Å². The number of H-pyrrole nitrogens is 1. The lowest BCUT2D eigenvalue weighted by molar-refractivity contribution is 0.203. The van der Waals surface area contributed by atoms with Crippen LogP contribution < -0.4 is 19.9 Å². The average molecular weight is 386 g/mol. The molecule has 0 bridgehead atoms. The van der Waals surface area contributed by atoms with E-state index >= 15 is 0 Å². The van der Waals surface area contributed by atoms with Crippen LogP contribution in [0.5, 0.6) is 11.5 Å². The lowest BCUT2D eigenvalue weighted by Gasteiger charge is -2.32. The molecule has 7 heteroatoms. The van der Waals surface area contributed by atoms with Crippen LogP contribution in [0.25, 0.3) is 0 Å². The molecule has 1 aliphatic rings. The third kappa shape index (κ3) is 4.84. The number of likely N-dealkylation sites (tertiary alicyclic amines) is 1. The summed E-state index contributed by atoms with van der Waals surface area (Å²) >= 11 is 0. The molecule has 0 spiro atoms. The van der Waals surface area contributed by atoms with Crippen LogP contribution in [0.2, 0.25) is 0 Å². The monoisotopic (exact) mass is 386 g/mol. The van der Waals surface area contributed by atoms with Crippen molar-refractivity contribution in [3.63, 3.8) is 0 Å².